The van der Waals surface area contributed by atoms with Gasteiger partial charge in [0.1, 0.15) is 5.82 Å². The Morgan fingerprint density at radius 2 is 1.91 bits per heavy atom. The number of aromatic nitrogens is 2. The molecule has 0 radical (unpaired) electrons. The molecule has 122 valence electrons. The van der Waals surface area contributed by atoms with Gasteiger partial charge in [-0.15, -0.1) is 0 Å². The van der Waals surface area contributed by atoms with E-state index >= 15 is 0 Å². The van der Waals surface area contributed by atoms with Crippen molar-refractivity contribution in [1.82, 2.24) is 9.97 Å². The van der Waals surface area contributed by atoms with Gasteiger partial charge in [-0.3, -0.25) is 0 Å². The van der Waals surface area contributed by atoms with Crippen LogP contribution >= 0.6 is 15.9 Å². The number of nitrogens with zero attached hydrogens (tertiary/aromatic N) is 2. The van der Waals surface area contributed by atoms with Gasteiger partial charge in [-0.25, -0.2) is 9.97 Å². The fourth-order valence-corrected chi connectivity index (χ4v) is 4.78. The summed E-state index contributed by atoms with van der Waals surface area (Å²) in [4.78, 5) is 9.59. The Hall–Kier alpha value is -1.00. The second-order valence-electron chi connectivity index (χ2n) is 6.98. The van der Waals surface area contributed by atoms with Crippen molar-refractivity contribution in [1.29, 1.82) is 0 Å². The molecule has 4 rings (SSSR count). The molecule has 2 fully saturated rings. The molecule has 0 amide bonds. The van der Waals surface area contributed by atoms with Gasteiger partial charge in [0.05, 0.1) is 5.52 Å². The zero-order valence-corrected chi connectivity index (χ0v) is 15.0. The molecule has 0 N–H and O–H groups in total. The first-order valence-corrected chi connectivity index (χ1v) is 9.59. The molecule has 2 aromatic rings. The highest BCUT2D eigenvalue weighted by Crippen LogP contribution is 2.41. The number of halogens is 1. The smallest absolute Gasteiger partial charge is 0.132 e. The van der Waals surface area contributed by atoms with Crippen LogP contribution in [0.4, 0.5) is 0 Å². The van der Waals surface area contributed by atoms with Crippen molar-refractivity contribution in [3.63, 3.8) is 0 Å². The van der Waals surface area contributed by atoms with Crippen molar-refractivity contribution >= 4 is 26.8 Å². The van der Waals surface area contributed by atoms with Crippen molar-refractivity contribution in [3.05, 3.63) is 34.7 Å². The Morgan fingerprint density at radius 1 is 1.04 bits per heavy atom. The Balaban J connectivity index is 1.56. The molecule has 1 aliphatic carbocycles. The number of hydrogen-bond acceptors (Lipinski definition) is 3. The highest BCUT2D eigenvalue weighted by molar-refractivity contribution is 9.10. The van der Waals surface area contributed by atoms with E-state index in [-0.39, 0.29) is 0 Å². The molecule has 2 atom stereocenters. The predicted molar refractivity (Wildman–Crippen MR) is 95.5 cm³/mol. The van der Waals surface area contributed by atoms with Gasteiger partial charge in [0.2, 0.25) is 0 Å². The van der Waals surface area contributed by atoms with Crippen molar-refractivity contribution in [2.24, 2.45) is 11.8 Å². The maximum Gasteiger partial charge on any atom is 0.132 e. The lowest BCUT2D eigenvalue weighted by molar-refractivity contribution is 0.0369. The third-order valence-corrected chi connectivity index (χ3v) is 6.23. The fraction of sp³-hybridized carbons (Fsp3) is 0.579. The standard InChI is InChI=1S/C19H23BrN2O/c20-17-6-2-5-16-12-21-19(22-18(16)17)15-4-1-3-14(11-15)13-7-9-23-10-8-13/h2,5-6,12-15H,1,3-4,7-11H2. The second-order valence-corrected chi connectivity index (χ2v) is 7.83. The van der Waals surface area contributed by atoms with Crippen LogP contribution in [0.25, 0.3) is 10.9 Å². The average Bonchev–Trinajstić information content (AvgIpc) is 2.63. The Morgan fingerprint density at radius 3 is 2.78 bits per heavy atom. The van der Waals surface area contributed by atoms with E-state index in [9.17, 15) is 0 Å². The van der Waals surface area contributed by atoms with E-state index in [0.29, 0.717) is 5.92 Å². The molecule has 1 saturated heterocycles. The number of benzene rings is 1. The van der Waals surface area contributed by atoms with Crippen LogP contribution in [0.1, 0.15) is 50.3 Å². The van der Waals surface area contributed by atoms with Crippen LogP contribution in [0.15, 0.2) is 28.9 Å². The van der Waals surface area contributed by atoms with Gasteiger partial charge in [-0.2, -0.15) is 0 Å². The molecule has 1 aliphatic heterocycles. The molecule has 23 heavy (non-hydrogen) atoms. The van der Waals surface area contributed by atoms with Gasteiger partial charge < -0.3 is 4.74 Å². The molecular weight excluding hydrogens is 352 g/mol. The number of hydrogen-bond donors (Lipinski definition) is 0. The van der Waals surface area contributed by atoms with Gasteiger partial charge >= 0.3 is 0 Å². The van der Waals surface area contributed by atoms with Crippen LogP contribution in [0.3, 0.4) is 0 Å². The summed E-state index contributed by atoms with van der Waals surface area (Å²) in [6.07, 6.45) is 9.63. The van der Waals surface area contributed by atoms with Crippen LogP contribution in [0.5, 0.6) is 0 Å². The monoisotopic (exact) mass is 374 g/mol. The molecule has 0 bridgehead atoms. The topological polar surface area (TPSA) is 35.0 Å². The van der Waals surface area contributed by atoms with E-state index in [4.69, 9.17) is 14.7 Å². The molecule has 0 spiro atoms. The summed E-state index contributed by atoms with van der Waals surface area (Å²) in [5.41, 5.74) is 1.05. The summed E-state index contributed by atoms with van der Waals surface area (Å²) >= 11 is 3.63. The summed E-state index contributed by atoms with van der Waals surface area (Å²) in [5.74, 6) is 3.24. The third-order valence-electron chi connectivity index (χ3n) is 5.59. The summed E-state index contributed by atoms with van der Waals surface area (Å²) < 4.78 is 6.60. The van der Waals surface area contributed by atoms with E-state index in [1.54, 1.807) is 0 Å². The van der Waals surface area contributed by atoms with Crippen LogP contribution in [0, 0.1) is 11.8 Å². The molecular formula is C19H23BrN2O. The zero-order chi connectivity index (χ0) is 15.6. The SMILES string of the molecule is Brc1cccc2cnc(C3CCCC(C4CCOCC4)C3)nc12. The molecule has 3 nitrogen and oxygen atoms in total. The van der Waals surface area contributed by atoms with Gasteiger partial charge in [0.15, 0.2) is 0 Å². The highest BCUT2D eigenvalue weighted by Gasteiger charge is 2.31. The maximum atomic E-state index is 5.53. The average molecular weight is 375 g/mol. The van der Waals surface area contributed by atoms with Gasteiger partial charge in [-0.1, -0.05) is 25.0 Å². The van der Waals surface area contributed by atoms with Crippen molar-refractivity contribution in [2.45, 2.75) is 44.4 Å². The van der Waals surface area contributed by atoms with Gasteiger partial charge in [0.25, 0.3) is 0 Å². The zero-order valence-electron chi connectivity index (χ0n) is 13.4. The lowest BCUT2D eigenvalue weighted by Gasteiger charge is -2.36. The van der Waals surface area contributed by atoms with Crippen molar-refractivity contribution < 1.29 is 4.74 Å². The molecule has 2 unspecified atom stereocenters. The number of para-hydroxylation sites is 1. The quantitative estimate of drug-likeness (QED) is 0.733. The summed E-state index contributed by atoms with van der Waals surface area (Å²) in [7, 11) is 0. The van der Waals surface area contributed by atoms with E-state index in [2.05, 4.69) is 28.1 Å². The first-order chi connectivity index (χ1) is 11.3. The molecule has 1 aromatic heterocycles. The van der Waals surface area contributed by atoms with E-state index in [1.807, 2.05) is 12.3 Å². The molecule has 1 aromatic carbocycles. The molecule has 2 aliphatic rings. The van der Waals surface area contributed by atoms with Gasteiger partial charge in [0, 0.05) is 35.2 Å². The number of fused-ring (bicyclic) bond motifs is 1. The summed E-state index contributed by atoms with van der Waals surface area (Å²) in [6.45, 7) is 1.90. The summed E-state index contributed by atoms with van der Waals surface area (Å²) in [6, 6.07) is 6.18. The Bertz CT molecular complexity index is 684. The molecule has 1 saturated carbocycles. The van der Waals surface area contributed by atoms with E-state index < -0.39 is 0 Å². The Kier molecular flexibility index (Phi) is 4.63. The maximum absolute atomic E-state index is 5.53. The number of rotatable bonds is 2. The van der Waals surface area contributed by atoms with Crippen molar-refractivity contribution in [3.8, 4) is 0 Å². The predicted octanol–water partition coefficient (Wildman–Crippen LogP) is 5.09. The molecule has 2 heterocycles. The first kappa shape index (κ1) is 15.5. The minimum atomic E-state index is 0.521. The highest BCUT2D eigenvalue weighted by atomic mass is 79.9. The Labute approximate surface area is 146 Å². The van der Waals surface area contributed by atoms with Crippen LogP contribution in [-0.4, -0.2) is 23.2 Å². The van der Waals surface area contributed by atoms with Crippen LogP contribution in [0.2, 0.25) is 0 Å². The largest absolute Gasteiger partial charge is 0.381 e. The third kappa shape index (κ3) is 3.29. The fourth-order valence-electron chi connectivity index (χ4n) is 4.31. The van der Waals surface area contributed by atoms with Gasteiger partial charge in [-0.05, 0) is 59.5 Å². The lowest BCUT2D eigenvalue weighted by atomic mass is 9.72. The van der Waals surface area contributed by atoms with E-state index in [0.717, 1.165) is 46.2 Å². The van der Waals surface area contributed by atoms with Crippen LogP contribution < -0.4 is 0 Å². The number of ether oxygens (including phenoxy) is 1. The van der Waals surface area contributed by atoms with Crippen LogP contribution in [-0.2, 0) is 4.74 Å². The lowest BCUT2D eigenvalue weighted by Crippen LogP contribution is -2.27. The summed E-state index contributed by atoms with van der Waals surface area (Å²) in [5, 5.41) is 1.11. The minimum Gasteiger partial charge on any atom is -0.381 e. The first-order valence-electron chi connectivity index (χ1n) is 8.80. The molecule has 4 heteroatoms. The normalized spacial score (nSPS) is 26.5. The van der Waals surface area contributed by atoms with Crippen molar-refractivity contribution in [2.75, 3.05) is 13.2 Å². The van der Waals surface area contributed by atoms with E-state index in [1.165, 1.54) is 38.5 Å². The second kappa shape index (κ2) is 6.86. The minimum absolute atomic E-state index is 0.521.